The van der Waals surface area contributed by atoms with Gasteiger partial charge in [0.05, 0.1) is 13.1 Å². The van der Waals surface area contributed by atoms with Gasteiger partial charge in [-0.2, -0.15) is 0 Å². The molecule has 2 atom stereocenters. The van der Waals surface area contributed by atoms with E-state index in [-0.39, 0.29) is 5.91 Å². The van der Waals surface area contributed by atoms with Gasteiger partial charge in [0, 0.05) is 24.8 Å². The van der Waals surface area contributed by atoms with E-state index in [2.05, 4.69) is 10.2 Å². The van der Waals surface area contributed by atoms with Crippen molar-refractivity contribution in [1.29, 1.82) is 0 Å². The molecule has 2 fully saturated rings. The second kappa shape index (κ2) is 8.70. The standard InChI is InChI=1S/C18H25ClN2O3/c19-16-2-1-3-17(10-16)24-9-6-20-18(22)12-21-7-4-14(11-21)15-5-8-23-13-15/h1-3,10,14-15H,4-9,11-13H2,(H,20,22). The Balaban J connectivity index is 1.30. The fourth-order valence-corrected chi connectivity index (χ4v) is 3.67. The number of rotatable bonds is 7. The molecular formula is C18H25ClN2O3. The third-order valence-electron chi connectivity index (χ3n) is 4.80. The van der Waals surface area contributed by atoms with Gasteiger partial charge in [0.1, 0.15) is 12.4 Å². The van der Waals surface area contributed by atoms with Crippen LogP contribution in [0.3, 0.4) is 0 Å². The number of carbonyl (C=O) groups is 1. The first-order chi connectivity index (χ1) is 11.7. The highest BCUT2D eigenvalue weighted by Gasteiger charge is 2.32. The van der Waals surface area contributed by atoms with Crippen molar-refractivity contribution in [2.45, 2.75) is 12.8 Å². The Morgan fingerprint density at radius 3 is 3.08 bits per heavy atom. The largest absolute Gasteiger partial charge is 0.492 e. The lowest BCUT2D eigenvalue weighted by atomic mass is 9.91. The first-order valence-electron chi connectivity index (χ1n) is 8.66. The highest BCUT2D eigenvalue weighted by Crippen LogP contribution is 2.29. The lowest BCUT2D eigenvalue weighted by molar-refractivity contribution is -0.122. The van der Waals surface area contributed by atoms with E-state index >= 15 is 0 Å². The fourth-order valence-electron chi connectivity index (χ4n) is 3.49. The number of hydrogen-bond donors (Lipinski definition) is 1. The van der Waals surface area contributed by atoms with Crippen molar-refractivity contribution in [2.24, 2.45) is 11.8 Å². The van der Waals surface area contributed by atoms with Crippen LogP contribution in [-0.2, 0) is 9.53 Å². The Bertz CT molecular complexity index is 549. The maximum absolute atomic E-state index is 12.0. The average Bonchev–Trinajstić information content (AvgIpc) is 3.23. The van der Waals surface area contributed by atoms with Crippen molar-refractivity contribution < 1.29 is 14.3 Å². The van der Waals surface area contributed by atoms with Crippen LogP contribution in [0.15, 0.2) is 24.3 Å². The number of amides is 1. The third-order valence-corrected chi connectivity index (χ3v) is 5.03. The fraction of sp³-hybridized carbons (Fsp3) is 0.611. The van der Waals surface area contributed by atoms with Gasteiger partial charge >= 0.3 is 0 Å². The lowest BCUT2D eigenvalue weighted by Crippen LogP contribution is -2.38. The summed E-state index contributed by atoms with van der Waals surface area (Å²) in [5.74, 6) is 2.15. The molecule has 1 aromatic rings. The van der Waals surface area contributed by atoms with Crippen LogP contribution in [0.2, 0.25) is 5.02 Å². The Kier molecular flexibility index (Phi) is 6.35. The third kappa shape index (κ3) is 5.10. The molecule has 2 aliphatic heterocycles. The summed E-state index contributed by atoms with van der Waals surface area (Å²) in [4.78, 5) is 14.3. The molecule has 0 spiro atoms. The second-order valence-corrected chi connectivity index (χ2v) is 7.00. The molecule has 1 aromatic carbocycles. The first kappa shape index (κ1) is 17.5. The van der Waals surface area contributed by atoms with E-state index in [4.69, 9.17) is 21.1 Å². The minimum absolute atomic E-state index is 0.0630. The molecular weight excluding hydrogens is 328 g/mol. The minimum Gasteiger partial charge on any atom is -0.492 e. The number of carbonyl (C=O) groups excluding carboxylic acids is 1. The normalized spacial score (nSPS) is 24.2. The smallest absolute Gasteiger partial charge is 0.234 e. The summed E-state index contributed by atoms with van der Waals surface area (Å²) in [6.07, 6.45) is 2.35. The number of benzene rings is 1. The summed E-state index contributed by atoms with van der Waals surface area (Å²) in [5.41, 5.74) is 0. The minimum atomic E-state index is 0.0630. The van der Waals surface area contributed by atoms with Gasteiger partial charge in [-0.1, -0.05) is 17.7 Å². The van der Waals surface area contributed by atoms with E-state index in [1.807, 2.05) is 12.1 Å². The summed E-state index contributed by atoms with van der Waals surface area (Å²) in [7, 11) is 0. The lowest BCUT2D eigenvalue weighted by Gasteiger charge is -2.18. The Labute approximate surface area is 148 Å². The van der Waals surface area contributed by atoms with Gasteiger partial charge in [0.2, 0.25) is 5.91 Å². The number of nitrogens with zero attached hydrogens (tertiary/aromatic N) is 1. The SMILES string of the molecule is O=C(CN1CCC(C2CCOC2)C1)NCCOc1cccc(Cl)c1. The molecule has 2 unspecified atom stereocenters. The second-order valence-electron chi connectivity index (χ2n) is 6.56. The molecule has 2 saturated heterocycles. The summed E-state index contributed by atoms with van der Waals surface area (Å²) in [6.45, 7) is 5.22. The zero-order valence-electron chi connectivity index (χ0n) is 13.9. The van der Waals surface area contributed by atoms with E-state index in [0.29, 0.717) is 36.6 Å². The van der Waals surface area contributed by atoms with Crippen LogP contribution in [0, 0.1) is 11.8 Å². The molecule has 1 amide bonds. The molecule has 0 bridgehead atoms. The molecule has 5 nitrogen and oxygen atoms in total. The predicted molar refractivity (Wildman–Crippen MR) is 93.4 cm³/mol. The van der Waals surface area contributed by atoms with E-state index in [1.54, 1.807) is 12.1 Å². The summed E-state index contributed by atoms with van der Waals surface area (Å²) in [6, 6.07) is 7.26. The highest BCUT2D eigenvalue weighted by molar-refractivity contribution is 6.30. The average molecular weight is 353 g/mol. The Hall–Kier alpha value is -1.30. The van der Waals surface area contributed by atoms with Crippen molar-refractivity contribution in [1.82, 2.24) is 10.2 Å². The van der Waals surface area contributed by atoms with E-state index in [0.717, 1.165) is 32.1 Å². The summed E-state index contributed by atoms with van der Waals surface area (Å²) in [5, 5.41) is 3.56. The maximum atomic E-state index is 12.0. The first-order valence-corrected chi connectivity index (χ1v) is 9.03. The topological polar surface area (TPSA) is 50.8 Å². The number of halogens is 1. The monoisotopic (exact) mass is 352 g/mol. The van der Waals surface area contributed by atoms with Crippen molar-refractivity contribution in [2.75, 3.05) is 46.0 Å². The van der Waals surface area contributed by atoms with Gasteiger partial charge in [0.15, 0.2) is 0 Å². The summed E-state index contributed by atoms with van der Waals surface area (Å²) < 4.78 is 11.0. The van der Waals surface area contributed by atoms with Crippen molar-refractivity contribution >= 4 is 17.5 Å². The van der Waals surface area contributed by atoms with E-state index < -0.39 is 0 Å². The predicted octanol–water partition coefficient (Wildman–Crippen LogP) is 2.19. The van der Waals surface area contributed by atoms with Gasteiger partial charge in [0.25, 0.3) is 0 Å². The quantitative estimate of drug-likeness (QED) is 0.764. The molecule has 2 aliphatic rings. The molecule has 0 saturated carbocycles. The van der Waals surface area contributed by atoms with Crippen LogP contribution >= 0.6 is 11.6 Å². The van der Waals surface area contributed by atoms with Gasteiger partial charge in [-0.05, 0) is 49.4 Å². The van der Waals surface area contributed by atoms with Crippen LogP contribution in [0.1, 0.15) is 12.8 Å². The molecule has 132 valence electrons. The maximum Gasteiger partial charge on any atom is 0.234 e. The van der Waals surface area contributed by atoms with Crippen LogP contribution < -0.4 is 10.1 Å². The molecule has 6 heteroatoms. The van der Waals surface area contributed by atoms with Gasteiger partial charge in [-0.15, -0.1) is 0 Å². The summed E-state index contributed by atoms with van der Waals surface area (Å²) >= 11 is 5.90. The van der Waals surface area contributed by atoms with Crippen LogP contribution in [0.25, 0.3) is 0 Å². The van der Waals surface area contributed by atoms with Crippen LogP contribution in [-0.4, -0.2) is 56.8 Å². The van der Waals surface area contributed by atoms with Crippen LogP contribution in [0.5, 0.6) is 5.75 Å². The van der Waals surface area contributed by atoms with Gasteiger partial charge < -0.3 is 14.8 Å². The zero-order valence-corrected chi connectivity index (χ0v) is 14.6. The number of ether oxygens (including phenoxy) is 2. The van der Waals surface area contributed by atoms with E-state index in [9.17, 15) is 4.79 Å². The molecule has 24 heavy (non-hydrogen) atoms. The van der Waals surface area contributed by atoms with Crippen LogP contribution in [0.4, 0.5) is 0 Å². The van der Waals surface area contributed by atoms with Gasteiger partial charge in [-0.25, -0.2) is 0 Å². The van der Waals surface area contributed by atoms with Crippen molar-refractivity contribution in [3.63, 3.8) is 0 Å². The molecule has 2 heterocycles. The van der Waals surface area contributed by atoms with Crippen molar-refractivity contribution in [3.8, 4) is 5.75 Å². The molecule has 0 radical (unpaired) electrons. The highest BCUT2D eigenvalue weighted by atomic mass is 35.5. The Morgan fingerprint density at radius 2 is 2.29 bits per heavy atom. The van der Waals surface area contributed by atoms with Crippen molar-refractivity contribution in [3.05, 3.63) is 29.3 Å². The Morgan fingerprint density at radius 1 is 1.38 bits per heavy atom. The number of hydrogen-bond acceptors (Lipinski definition) is 4. The van der Waals surface area contributed by atoms with E-state index in [1.165, 1.54) is 12.8 Å². The number of nitrogens with one attached hydrogen (secondary N) is 1. The zero-order chi connectivity index (χ0) is 16.8. The molecule has 0 aliphatic carbocycles. The number of likely N-dealkylation sites (tertiary alicyclic amines) is 1. The van der Waals surface area contributed by atoms with Gasteiger partial charge in [-0.3, -0.25) is 9.69 Å². The molecule has 1 N–H and O–H groups in total. The molecule has 3 rings (SSSR count). The molecule has 0 aromatic heterocycles.